The third-order valence-corrected chi connectivity index (χ3v) is 3.24. The third kappa shape index (κ3) is 6.72. The van der Waals surface area contributed by atoms with Crippen LogP contribution in [0.15, 0.2) is 12.1 Å². The van der Waals surface area contributed by atoms with Gasteiger partial charge in [0.25, 0.3) is 5.91 Å². The van der Waals surface area contributed by atoms with Crippen molar-refractivity contribution in [3.63, 3.8) is 0 Å². The first-order chi connectivity index (χ1) is 9.47. The predicted molar refractivity (Wildman–Crippen MR) is 79.2 cm³/mol. The molecule has 1 unspecified atom stereocenters. The number of ether oxygens (including phenoxy) is 1. The normalized spacial score (nSPS) is 11.6. The molecule has 1 atom stereocenters. The Kier molecular flexibility index (Phi) is 9.74. The highest BCUT2D eigenvalue weighted by atomic mass is 35.5. The Morgan fingerprint density at radius 3 is 2.67 bits per heavy atom. The minimum Gasteiger partial charge on any atom is -1.00 e. The molecule has 0 saturated heterocycles. The topological polar surface area (TPSA) is 84.6 Å². The zero-order valence-corrected chi connectivity index (χ0v) is 13.8. The Balaban J connectivity index is 0.00000400. The summed E-state index contributed by atoms with van der Waals surface area (Å²) >= 11 is 12.0. The molecule has 1 rings (SSSR count). The van der Waals surface area contributed by atoms with Crippen molar-refractivity contribution < 1.29 is 27.0 Å². The number of nitrogens with two attached hydrogens (primary N) is 1. The maximum atomic E-state index is 10.8. The van der Waals surface area contributed by atoms with E-state index in [1.807, 2.05) is 6.92 Å². The SMILES string of the molecule is CCC(CO)NCc1cc(Cl)cc(Cl)c1OCC(N)=O.[Cl-]. The van der Waals surface area contributed by atoms with Crippen LogP contribution >= 0.6 is 23.2 Å². The van der Waals surface area contributed by atoms with Gasteiger partial charge in [0.2, 0.25) is 0 Å². The summed E-state index contributed by atoms with van der Waals surface area (Å²) in [6.45, 7) is 2.14. The van der Waals surface area contributed by atoms with Crippen molar-refractivity contribution in [3.8, 4) is 5.75 Å². The number of hydrogen-bond acceptors (Lipinski definition) is 4. The van der Waals surface area contributed by atoms with E-state index in [-0.39, 0.29) is 31.7 Å². The number of amides is 1. The number of benzene rings is 1. The lowest BCUT2D eigenvalue weighted by molar-refractivity contribution is -0.119. The van der Waals surface area contributed by atoms with Crippen LogP contribution in [-0.2, 0) is 11.3 Å². The summed E-state index contributed by atoms with van der Waals surface area (Å²) < 4.78 is 5.32. The molecule has 0 spiro atoms. The lowest BCUT2D eigenvalue weighted by atomic mass is 10.1. The van der Waals surface area contributed by atoms with Crippen LogP contribution in [0.25, 0.3) is 0 Å². The molecule has 8 heteroatoms. The molecule has 1 amide bonds. The van der Waals surface area contributed by atoms with Gasteiger partial charge < -0.3 is 33.3 Å². The van der Waals surface area contributed by atoms with Gasteiger partial charge in [0.15, 0.2) is 6.61 Å². The summed E-state index contributed by atoms with van der Waals surface area (Å²) in [5.74, 6) is -0.216. The van der Waals surface area contributed by atoms with Gasteiger partial charge in [-0.05, 0) is 18.6 Å². The molecule has 21 heavy (non-hydrogen) atoms. The van der Waals surface area contributed by atoms with E-state index in [0.717, 1.165) is 6.42 Å². The maximum absolute atomic E-state index is 10.8. The molecule has 0 saturated carbocycles. The number of rotatable bonds is 8. The van der Waals surface area contributed by atoms with E-state index < -0.39 is 5.91 Å². The molecule has 0 aliphatic carbocycles. The highest BCUT2D eigenvalue weighted by Crippen LogP contribution is 2.32. The highest BCUT2D eigenvalue weighted by molar-refractivity contribution is 6.35. The Hall–Kier alpha value is -0.720. The lowest BCUT2D eigenvalue weighted by Crippen LogP contribution is -3.00. The van der Waals surface area contributed by atoms with Gasteiger partial charge in [-0.3, -0.25) is 4.79 Å². The Labute approximate surface area is 140 Å². The van der Waals surface area contributed by atoms with E-state index >= 15 is 0 Å². The maximum Gasteiger partial charge on any atom is 0.255 e. The first-order valence-electron chi connectivity index (χ1n) is 6.21. The quantitative estimate of drug-likeness (QED) is 0.542. The highest BCUT2D eigenvalue weighted by Gasteiger charge is 2.13. The summed E-state index contributed by atoms with van der Waals surface area (Å²) in [5.41, 5.74) is 5.76. The number of hydrogen-bond donors (Lipinski definition) is 3. The molecule has 0 fully saturated rings. The molecule has 0 heterocycles. The van der Waals surface area contributed by atoms with Gasteiger partial charge >= 0.3 is 0 Å². The van der Waals surface area contributed by atoms with Crippen LogP contribution in [0, 0.1) is 0 Å². The van der Waals surface area contributed by atoms with Crippen molar-refractivity contribution in [1.29, 1.82) is 0 Å². The van der Waals surface area contributed by atoms with E-state index in [9.17, 15) is 4.79 Å². The zero-order chi connectivity index (χ0) is 15.1. The Morgan fingerprint density at radius 2 is 2.14 bits per heavy atom. The third-order valence-electron chi connectivity index (χ3n) is 2.74. The van der Waals surface area contributed by atoms with Crippen molar-refractivity contribution in [2.45, 2.75) is 25.9 Å². The minimum atomic E-state index is -0.586. The molecular weight excluding hydrogens is 339 g/mol. The van der Waals surface area contributed by atoms with E-state index in [1.54, 1.807) is 6.07 Å². The van der Waals surface area contributed by atoms with Gasteiger partial charge in [0, 0.05) is 23.2 Å². The number of aliphatic hydroxyl groups is 1. The van der Waals surface area contributed by atoms with Crippen LogP contribution in [0.1, 0.15) is 18.9 Å². The van der Waals surface area contributed by atoms with Crippen LogP contribution in [0.2, 0.25) is 10.0 Å². The van der Waals surface area contributed by atoms with Crippen LogP contribution in [-0.4, -0.2) is 30.3 Å². The van der Waals surface area contributed by atoms with Gasteiger partial charge in [-0.2, -0.15) is 0 Å². The Morgan fingerprint density at radius 1 is 1.48 bits per heavy atom. The number of nitrogens with one attached hydrogen (secondary N) is 1. The summed E-state index contributed by atoms with van der Waals surface area (Å²) in [5, 5.41) is 13.1. The first-order valence-corrected chi connectivity index (χ1v) is 6.96. The van der Waals surface area contributed by atoms with Gasteiger partial charge in [0.1, 0.15) is 5.75 Å². The number of aliphatic hydroxyl groups excluding tert-OH is 1. The van der Waals surface area contributed by atoms with Crippen LogP contribution in [0.3, 0.4) is 0 Å². The van der Waals surface area contributed by atoms with Crippen LogP contribution in [0.4, 0.5) is 0 Å². The summed E-state index contributed by atoms with van der Waals surface area (Å²) in [4.78, 5) is 10.8. The monoisotopic (exact) mass is 355 g/mol. The second kappa shape index (κ2) is 10.1. The van der Waals surface area contributed by atoms with Crippen molar-refractivity contribution in [3.05, 3.63) is 27.7 Å². The first kappa shape index (κ1) is 20.3. The predicted octanol–water partition coefficient (Wildman–Crippen LogP) is -1.28. The minimum absolute atomic E-state index is 0. The molecule has 4 N–H and O–H groups in total. The summed E-state index contributed by atoms with van der Waals surface area (Å²) in [7, 11) is 0. The van der Waals surface area contributed by atoms with Gasteiger partial charge in [0.05, 0.1) is 11.6 Å². The molecule has 0 radical (unpaired) electrons. The van der Waals surface area contributed by atoms with Crippen molar-refractivity contribution in [1.82, 2.24) is 5.32 Å². The molecule has 1 aromatic carbocycles. The number of carbonyl (C=O) groups is 1. The molecule has 0 aliphatic rings. The fourth-order valence-electron chi connectivity index (χ4n) is 1.64. The van der Waals surface area contributed by atoms with Crippen molar-refractivity contribution in [2.75, 3.05) is 13.2 Å². The smallest absolute Gasteiger partial charge is 0.255 e. The zero-order valence-electron chi connectivity index (χ0n) is 11.5. The average molecular weight is 357 g/mol. The number of halogens is 3. The fraction of sp³-hybridized carbons (Fsp3) is 0.462. The molecule has 0 aromatic heterocycles. The molecule has 120 valence electrons. The molecule has 5 nitrogen and oxygen atoms in total. The summed E-state index contributed by atoms with van der Waals surface area (Å²) in [6, 6.07) is 3.20. The van der Waals surface area contributed by atoms with Gasteiger partial charge in [-0.1, -0.05) is 30.1 Å². The standard InChI is InChI=1S/C13H18Cl2N2O3.ClH/c1-2-10(6-18)17-5-8-3-9(14)4-11(15)13(8)20-7-12(16)19;/h3-4,10,17-18H,2,5-7H2,1H3,(H2,16,19);1H/p-1. The number of carbonyl (C=O) groups excluding carboxylic acids is 1. The Bertz CT molecular complexity index is 468. The van der Waals surface area contributed by atoms with Crippen molar-refractivity contribution in [2.24, 2.45) is 5.73 Å². The number of primary amides is 1. The van der Waals surface area contributed by atoms with E-state index in [1.165, 1.54) is 6.07 Å². The lowest BCUT2D eigenvalue weighted by Gasteiger charge is -2.17. The molecular formula is C13H18Cl3N2O3-. The van der Waals surface area contributed by atoms with Crippen LogP contribution < -0.4 is 28.2 Å². The second-order valence-electron chi connectivity index (χ2n) is 4.30. The summed E-state index contributed by atoms with van der Waals surface area (Å²) in [6.07, 6.45) is 0.780. The largest absolute Gasteiger partial charge is 1.00 e. The second-order valence-corrected chi connectivity index (χ2v) is 5.14. The molecule has 0 bridgehead atoms. The van der Waals surface area contributed by atoms with E-state index in [4.69, 9.17) is 38.8 Å². The average Bonchev–Trinajstić information content (AvgIpc) is 2.38. The van der Waals surface area contributed by atoms with E-state index in [0.29, 0.717) is 27.9 Å². The molecule has 0 aliphatic heterocycles. The van der Waals surface area contributed by atoms with Crippen LogP contribution in [0.5, 0.6) is 5.75 Å². The molecule has 1 aromatic rings. The van der Waals surface area contributed by atoms with Crippen molar-refractivity contribution >= 4 is 29.1 Å². The van der Waals surface area contributed by atoms with E-state index in [2.05, 4.69) is 5.32 Å². The van der Waals surface area contributed by atoms with Gasteiger partial charge in [-0.15, -0.1) is 0 Å². The van der Waals surface area contributed by atoms with Gasteiger partial charge in [-0.25, -0.2) is 0 Å². The fourth-order valence-corrected chi connectivity index (χ4v) is 2.23.